The number of carbonyl (C=O) groups is 4. The van der Waals surface area contributed by atoms with E-state index in [2.05, 4.69) is 25.3 Å². The number of pyridine rings is 2. The number of halogens is 2. The molecular weight excluding hydrogens is 589 g/mol. The van der Waals surface area contributed by atoms with Crippen LogP contribution in [0.5, 0.6) is 0 Å². The molecule has 0 aliphatic carbocycles. The third-order valence-corrected chi connectivity index (χ3v) is 7.84. The number of methoxy groups -OCH3 is 1. The van der Waals surface area contributed by atoms with E-state index >= 15 is 0 Å². The summed E-state index contributed by atoms with van der Waals surface area (Å²) in [4.78, 5) is 61.6. The molecule has 0 radical (unpaired) electrons. The van der Waals surface area contributed by atoms with E-state index in [4.69, 9.17) is 23.2 Å². The zero-order valence-electron chi connectivity index (χ0n) is 21.4. The van der Waals surface area contributed by atoms with Crippen molar-refractivity contribution < 1.29 is 23.9 Å². The largest absolute Gasteiger partial charge is 0.465 e. The number of nitrogens with zero attached hydrogens (tertiary/aromatic N) is 3. The topological polar surface area (TPSA) is 131 Å². The zero-order chi connectivity index (χ0) is 29.1. The lowest BCUT2D eigenvalue weighted by Gasteiger charge is -2.28. The van der Waals surface area contributed by atoms with Gasteiger partial charge in [-0.25, -0.2) is 9.78 Å². The van der Waals surface area contributed by atoms with E-state index in [1.165, 1.54) is 36.4 Å². The van der Waals surface area contributed by atoms with Crippen LogP contribution in [0.1, 0.15) is 41.6 Å². The van der Waals surface area contributed by atoms with Gasteiger partial charge in [0.25, 0.3) is 11.8 Å². The number of aromatic nitrogens is 2. The Kier molecular flexibility index (Phi) is 8.29. The number of fused-ring (bicyclic) bond motifs is 1. The van der Waals surface area contributed by atoms with Crippen LogP contribution >= 0.6 is 34.5 Å². The smallest absolute Gasteiger partial charge is 0.339 e. The van der Waals surface area contributed by atoms with Crippen LogP contribution in [-0.4, -0.2) is 51.7 Å². The molecule has 2 N–H and O–H groups in total. The highest BCUT2D eigenvalue weighted by Crippen LogP contribution is 2.35. The van der Waals surface area contributed by atoms with Crippen molar-refractivity contribution >= 4 is 69.7 Å². The first-order valence-corrected chi connectivity index (χ1v) is 13.8. The molecule has 4 heterocycles. The minimum atomic E-state index is -0.864. The zero-order valence-corrected chi connectivity index (χ0v) is 23.7. The molecular formula is C28H21Cl2N5O5S. The van der Waals surface area contributed by atoms with Crippen molar-refractivity contribution in [3.63, 3.8) is 0 Å². The number of ether oxygens (including phenoxy) is 1. The molecule has 0 bridgehead atoms. The molecule has 3 amide bonds. The van der Waals surface area contributed by atoms with E-state index in [9.17, 15) is 19.2 Å². The Hall–Kier alpha value is -4.32. The van der Waals surface area contributed by atoms with Gasteiger partial charge in [0.15, 0.2) is 0 Å². The molecule has 0 saturated heterocycles. The highest BCUT2D eigenvalue weighted by atomic mass is 35.5. The maximum atomic E-state index is 13.7. The lowest BCUT2D eigenvalue weighted by Crippen LogP contribution is -2.46. The van der Waals surface area contributed by atoms with E-state index in [0.717, 1.165) is 11.3 Å². The van der Waals surface area contributed by atoms with Gasteiger partial charge in [-0.1, -0.05) is 35.3 Å². The first kappa shape index (κ1) is 28.2. The summed E-state index contributed by atoms with van der Waals surface area (Å²) in [5.41, 5.74) is 2.02. The van der Waals surface area contributed by atoms with Gasteiger partial charge in [0.1, 0.15) is 16.7 Å². The highest BCUT2D eigenvalue weighted by Gasteiger charge is 2.37. The Morgan fingerprint density at radius 1 is 1.10 bits per heavy atom. The van der Waals surface area contributed by atoms with Crippen molar-refractivity contribution in [2.45, 2.75) is 19.0 Å². The van der Waals surface area contributed by atoms with Gasteiger partial charge in [0.05, 0.1) is 33.3 Å². The number of thiophene rings is 1. The van der Waals surface area contributed by atoms with E-state index in [-0.39, 0.29) is 46.7 Å². The molecule has 208 valence electrons. The average molecular weight is 610 g/mol. The molecule has 0 spiro atoms. The second kappa shape index (κ2) is 12.0. The molecule has 41 heavy (non-hydrogen) atoms. The van der Waals surface area contributed by atoms with Crippen LogP contribution in [0.25, 0.3) is 0 Å². The third kappa shape index (κ3) is 6.22. The van der Waals surface area contributed by atoms with Gasteiger partial charge in [-0.2, -0.15) is 0 Å². The quantitative estimate of drug-likeness (QED) is 0.279. The van der Waals surface area contributed by atoms with Crippen molar-refractivity contribution in [1.82, 2.24) is 14.9 Å². The van der Waals surface area contributed by atoms with Crippen LogP contribution in [-0.2, 0) is 22.5 Å². The number of esters is 1. The minimum Gasteiger partial charge on any atom is -0.465 e. The van der Waals surface area contributed by atoms with Crippen molar-refractivity contribution in [1.29, 1.82) is 0 Å². The summed E-state index contributed by atoms with van der Waals surface area (Å²) in [6, 6.07) is 13.8. The summed E-state index contributed by atoms with van der Waals surface area (Å²) in [6.45, 7) is 0.0386. The molecule has 10 nitrogen and oxygen atoms in total. The normalized spacial score (nSPS) is 14.6. The maximum absolute atomic E-state index is 13.7. The van der Waals surface area contributed by atoms with Crippen LogP contribution in [0.3, 0.4) is 0 Å². The molecule has 5 rings (SSSR count). The van der Waals surface area contributed by atoms with Crippen molar-refractivity contribution in [3.8, 4) is 0 Å². The van der Waals surface area contributed by atoms with Crippen molar-refractivity contribution in [2.75, 3.05) is 17.7 Å². The molecule has 1 atom stereocenters. The summed E-state index contributed by atoms with van der Waals surface area (Å²) in [5, 5.41) is 5.59. The summed E-state index contributed by atoms with van der Waals surface area (Å²) < 4.78 is 5.02. The molecule has 1 aliphatic heterocycles. The first-order chi connectivity index (χ1) is 19.7. The van der Waals surface area contributed by atoms with Crippen LogP contribution in [0.15, 0.2) is 67.0 Å². The van der Waals surface area contributed by atoms with E-state index in [1.807, 2.05) is 6.07 Å². The van der Waals surface area contributed by atoms with E-state index in [1.54, 1.807) is 36.5 Å². The van der Waals surface area contributed by atoms with Gasteiger partial charge < -0.3 is 20.3 Å². The Bertz CT molecular complexity index is 1650. The summed E-state index contributed by atoms with van der Waals surface area (Å²) >= 11 is 13.7. The van der Waals surface area contributed by atoms with Crippen LogP contribution in [0, 0.1) is 0 Å². The second-order valence-corrected chi connectivity index (χ2v) is 11.0. The summed E-state index contributed by atoms with van der Waals surface area (Å²) in [5.74, 6) is -1.58. The number of anilines is 2. The highest BCUT2D eigenvalue weighted by molar-refractivity contribution is 7.18. The van der Waals surface area contributed by atoms with Gasteiger partial charge in [0, 0.05) is 31.1 Å². The van der Waals surface area contributed by atoms with Gasteiger partial charge in [-0.05, 0) is 48.0 Å². The van der Waals surface area contributed by atoms with Gasteiger partial charge in [0.2, 0.25) is 5.91 Å². The molecule has 0 saturated carbocycles. The average Bonchev–Trinajstić information content (AvgIpc) is 3.31. The van der Waals surface area contributed by atoms with Crippen LogP contribution in [0.2, 0.25) is 9.36 Å². The van der Waals surface area contributed by atoms with Gasteiger partial charge in [-0.15, -0.1) is 11.3 Å². The molecule has 1 aliphatic rings. The number of carbonyl (C=O) groups excluding carboxylic acids is 4. The predicted molar refractivity (Wildman–Crippen MR) is 155 cm³/mol. The fourth-order valence-electron chi connectivity index (χ4n) is 4.27. The fourth-order valence-corrected chi connectivity index (χ4v) is 5.70. The Morgan fingerprint density at radius 2 is 1.93 bits per heavy atom. The molecule has 3 aromatic heterocycles. The second-order valence-electron chi connectivity index (χ2n) is 8.95. The number of nitrogens with one attached hydrogen (secondary N) is 2. The molecule has 0 fully saturated rings. The van der Waals surface area contributed by atoms with E-state index in [0.29, 0.717) is 26.2 Å². The third-order valence-electron chi connectivity index (χ3n) is 6.28. The number of hydrogen-bond acceptors (Lipinski definition) is 8. The van der Waals surface area contributed by atoms with Gasteiger partial charge in [-0.3, -0.25) is 19.4 Å². The van der Waals surface area contributed by atoms with E-state index < -0.39 is 17.9 Å². The number of hydrogen-bond donors (Lipinski definition) is 2. The monoisotopic (exact) mass is 609 g/mol. The SMILES string of the molecule is COC(=O)c1ccc(NC(=O)c2ccc(CN3C(=O)c4sc(Cl)cc4NC(=O)C3Cc3ccccn3)cc2Cl)nc1. The lowest BCUT2D eigenvalue weighted by molar-refractivity contribution is -0.120. The van der Waals surface area contributed by atoms with Crippen molar-refractivity contribution in [3.05, 3.63) is 104 Å². The summed E-state index contributed by atoms with van der Waals surface area (Å²) in [6.07, 6.45) is 3.10. The van der Waals surface area contributed by atoms with Crippen LogP contribution < -0.4 is 10.6 Å². The van der Waals surface area contributed by atoms with Gasteiger partial charge >= 0.3 is 5.97 Å². The number of rotatable bonds is 7. The minimum absolute atomic E-state index is 0.0386. The predicted octanol–water partition coefficient (Wildman–Crippen LogP) is 5.09. The fraction of sp³-hybridized carbons (Fsp3) is 0.143. The summed E-state index contributed by atoms with van der Waals surface area (Å²) in [7, 11) is 1.26. The Labute approximate surface area is 248 Å². The maximum Gasteiger partial charge on any atom is 0.339 e. The first-order valence-electron chi connectivity index (χ1n) is 12.2. The molecule has 13 heteroatoms. The molecule has 4 aromatic rings. The Balaban J connectivity index is 1.38. The number of benzene rings is 1. The van der Waals surface area contributed by atoms with Crippen molar-refractivity contribution in [2.24, 2.45) is 0 Å². The number of amides is 3. The molecule has 1 unspecified atom stereocenters. The standard InChI is InChI=1S/C28H21Cl2N5O5S/c1-40-28(39)16-6-8-23(32-13-16)34-25(36)18-7-5-15(10-19(18)29)14-35-21(11-17-4-2-3-9-31-17)26(37)33-20-12-22(30)41-24(20)27(35)38/h2-10,12-13,21H,11,14H2,1H3,(H,33,37)(H,32,34,36). The lowest BCUT2D eigenvalue weighted by atomic mass is 10.1. The molecule has 1 aromatic carbocycles. The Morgan fingerprint density at radius 3 is 2.61 bits per heavy atom. The van der Waals surface area contributed by atoms with Crippen LogP contribution in [0.4, 0.5) is 11.5 Å².